The highest BCUT2D eigenvalue weighted by Crippen LogP contribution is 2.18. The summed E-state index contributed by atoms with van der Waals surface area (Å²) < 4.78 is 25.9. The van der Waals surface area contributed by atoms with E-state index in [2.05, 4.69) is 4.98 Å². The molecule has 112 valence electrons. The van der Waals surface area contributed by atoms with Crippen LogP contribution in [0.1, 0.15) is 21.6 Å². The molecule has 2 rings (SSSR count). The molecule has 0 aliphatic rings. The van der Waals surface area contributed by atoms with E-state index >= 15 is 0 Å². The molecule has 7 heteroatoms. The number of H-pyrrole nitrogens is 1. The number of aromatic nitrogens is 1. The third-order valence-corrected chi connectivity index (χ3v) is 4.86. The molecule has 0 bridgehead atoms. The Morgan fingerprint density at radius 2 is 2.05 bits per heavy atom. The summed E-state index contributed by atoms with van der Waals surface area (Å²) in [7, 11) is -2.26. The average Bonchev–Trinajstić information content (AvgIpc) is 2.89. The smallest absolute Gasteiger partial charge is 0.352 e. The van der Waals surface area contributed by atoms with Crippen molar-refractivity contribution in [2.45, 2.75) is 18.4 Å². The lowest BCUT2D eigenvalue weighted by atomic mass is 10.1. The second kappa shape index (κ2) is 5.71. The van der Waals surface area contributed by atoms with E-state index in [9.17, 15) is 13.2 Å². The topological polar surface area (TPSA) is 90.5 Å². The van der Waals surface area contributed by atoms with Gasteiger partial charge in [0, 0.05) is 19.8 Å². The lowest BCUT2D eigenvalue weighted by Gasteiger charge is -2.16. The first kappa shape index (κ1) is 15.3. The number of carboxylic acids is 1. The van der Waals surface area contributed by atoms with E-state index in [4.69, 9.17) is 5.11 Å². The summed E-state index contributed by atoms with van der Waals surface area (Å²) >= 11 is 0. The van der Waals surface area contributed by atoms with Gasteiger partial charge in [-0.3, -0.25) is 0 Å². The largest absolute Gasteiger partial charge is 0.477 e. The summed E-state index contributed by atoms with van der Waals surface area (Å²) in [6, 6.07) is 8.67. The molecule has 0 spiro atoms. The number of aromatic carboxylic acids is 1. The van der Waals surface area contributed by atoms with E-state index < -0.39 is 16.0 Å². The Morgan fingerprint density at radius 1 is 1.33 bits per heavy atom. The van der Waals surface area contributed by atoms with Gasteiger partial charge in [0.15, 0.2) is 0 Å². The highest BCUT2D eigenvalue weighted by molar-refractivity contribution is 7.89. The van der Waals surface area contributed by atoms with Crippen LogP contribution in [0.15, 0.2) is 41.4 Å². The Morgan fingerprint density at radius 3 is 2.62 bits per heavy atom. The molecule has 6 nitrogen and oxygen atoms in total. The molecular weight excluding hydrogens is 292 g/mol. The van der Waals surface area contributed by atoms with E-state index in [1.165, 1.54) is 17.5 Å². The lowest BCUT2D eigenvalue weighted by Crippen LogP contribution is -2.26. The Labute approximate surface area is 123 Å². The van der Waals surface area contributed by atoms with Crippen LogP contribution in [0.2, 0.25) is 0 Å². The fraction of sp³-hybridized carbons (Fsp3) is 0.214. The number of aryl methyl sites for hydroxylation is 1. The van der Waals surface area contributed by atoms with Gasteiger partial charge in [-0.1, -0.05) is 29.8 Å². The number of benzene rings is 1. The van der Waals surface area contributed by atoms with Crippen molar-refractivity contribution in [1.29, 1.82) is 0 Å². The van der Waals surface area contributed by atoms with Crippen molar-refractivity contribution < 1.29 is 18.3 Å². The number of hydrogen-bond donors (Lipinski definition) is 2. The number of carboxylic acid groups (broad SMARTS) is 1. The fourth-order valence-corrected chi connectivity index (χ4v) is 3.13. The van der Waals surface area contributed by atoms with Crippen molar-refractivity contribution in [3.05, 3.63) is 53.3 Å². The van der Waals surface area contributed by atoms with Crippen LogP contribution in [-0.2, 0) is 16.6 Å². The molecule has 0 radical (unpaired) electrons. The van der Waals surface area contributed by atoms with Gasteiger partial charge in [-0.2, -0.15) is 4.31 Å². The molecule has 0 atom stereocenters. The first-order valence-electron chi connectivity index (χ1n) is 6.24. The minimum absolute atomic E-state index is 0.0601. The minimum atomic E-state index is -3.72. The van der Waals surface area contributed by atoms with Crippen LogP contribution >= 0.6 is 0 Å². The summed E-state index contributed by atoms with van der Waals surface area (Å²) in [5, 5.41) is 8.83. The molecule has 2 aromatic rings. The summed E-state index contributed by atoms with van der Waals surface area (Å²) in [6.45, 7) is 2.15. The van der Waals surface area contributed by atoms with Crippen LogP contribution in [0.25, 0.3) is 0 Å². The van der Waals surface area contributed by atoms with E-state index in [-0.39, 0.29) is 17.1 Å². The molecule has 0 aliphatic carbocycles. The van der Waals surface area contributed by atoms with Crippen LogP contribution in [0.4, 0.5) is 0 Å². The molecule has 0 unspecified atom stereocenters. The normalized spacial score (nSPS) is 11.8. The number of hydrogen-bond acceptors (Lipinski definition) is 3. The molecule has 1 heterocycles. The highest BCUT2D eigenvalue weighted by atomic mass is 32.2. The van der Waals surface area contributed by atoms with Crippen LogP contribution in [0.5, 0.6) is 0 Å². The van der Waals surface area contributed by atoms with Crippen LogP contribution in [0, 0.1) is 6.92 Å². The molecule has 1 aromatic heterocycles. The molecule has 2 N–H and O–H groups in total. The van der Waals surface area contributed by atoms with Crippen molar-refractivity contribution in [3.63, 3.8) is 0 Å². The van der Waals surface area contributed by atoms with Crippen LogP contribution < -0.4 is 0 Å². The van der Waals surface area contributed by atoms with Crippen molar-refractivity contribution in [3.8, 4) is 0 Å². The number of carbonyl (C=O) groups is 1. The van der Waals surface area contributed by atoms with Gasteiger partial charge in [0.1, 0.15) is 10.6 Å². The molecular formula is C14H16N2O4S. The Balaban J connectivity index is 2.23. The zero-order chi connectivity index (χ0) is 15.6. The number of nitrogens with one attached hydrogen (secondary N) is 1. The molecule has 21 heavy (non-hydrogen) atoms. The maximum absolute atomic E-state index is 12.4. The standard InChI is InChI=1S/C14H16N2O4S/c1-10-4-3-5-11(6-10)9-16(2)21(19,20)12-7-13(14(17)18)15-8-12/h3-8,15H,9H2,1-2H3,(H,17,18). The predicted octanol–water partition coefficient (Wildman–Crippen LogP) is 1.84. The maximum Gasteiger partial charge on any atom is 0.352 e. The summed E-state index contributed by atoms with van der Waals surface area (Å²) in [5.41, 5.74) is 1.76. The third-order valence-electron chi connectivity index (χ3n) is 3.08. The van der Waals surface area contributed by atoms with E-state index in [0.29, 0.717) is 0 Å². The molecule has 0 saturated heterocycles. The number of aromatic amines is 1. The summed E-state index contributed by atoms with van der Waals surface area (Å²) in [5.74, 6) is -1.20. The molecule has 0 saturated carbocycles. The highest BCUT2D eigenvalue weighted by Gasteiger charge is 2.23. The van der Waals surface area contributed by atoms with Gasteiger partial charge < -0.3 is 10.1 Å². The maximum atomic E-state index is 12.4. The van der Waals surface area contributed by atoms with Crippen molar-refractivity contribution in [2.75, 3.05) is 7.05 Å². The molecule has 1 aromatic carbocycles. The van der Waals surface area contributed by atoms with Crippen LogP contribution in [-0.4, -0.2) is 35.8 Å². The van der Waals surface area contributed by atoms with Crippen LogP contribution in [0.3, 0.4) is 0 Å². The number of sulfonamides is 1. The van der Waals surface area contributed by atoms with Gasteiger partial charge in [-0.05, 0) is 18.6 Å². The number of rotatable bonds is 5. The number of nitrogens with zero attached hydrogens (tertiary/aromatic N) is 1. The molecule has 0 fully saturated rings. The summed E-state index contributed by atoms with van der Waals surface area (Å²) in [4.78, 5) is 13.2. The zero-order valence-corrected chi connectivity index (χ0v) is 12.5. The van der Waals surface area contributed by atoms with Gasteiger partial charge in [-0.15, -0.1) is 0 Å². The lowest BCUT2D eigenvalue weighted by molar-refractivity contribution is 0.0691. The first-order chi connectivity index (χ1) is 9.80. The summed E-state index contributed by atoms with van der Waals surface area (Å²) in [6.07, 6.45) is 1.19. The minimum Gasteiger partial charge on any atom is -0.477 e. The third kappa shape index (κ3) is 3.32. The monoisotopic (exact) mass is 308 g/mol. The second-order valence-corrected chi connectivity index (χ2v) is 6.85. The SMILES string of the molecule is Cc1cccc(CN(C)S(=O)(=O)c2c[nH]c(C(=O)O)c2)c1. The van der Waals surface area contributed by atoms with E-state index in [1.54, 1.807) is 0 Å². The van der Waals surface area contributed by atoms with Gasteiger partial charge in [-0.25, -0.2) is 13.2 Å². The van der Waals surface area contributed by atoms with Crippen molar-refractivity contribution in [1.82, 2.24) is 9.29 Å². The predicted molar refractivity (Wildman–Crippen MR) is 77.6 cm³/mol. The average molecular weight is 308 g/mol. The van der Waals surface area contributed by atoms with Gasteiger partial charge in [0.05, 0.1) is 0 Å². The van der Waals surface area contributed by atoms with E-state index in [0.717, 1.165) is 17.2 Å². The van der Waals surface area contributed by atoms with E-state index in [1.807, 2.05) is 31.2 Å². The Hall–Kier alpha value is -2.12. The van der Waals surface area contributed by atoms with Crippen molar-refractivity contribution in [2.24, 2.45) is 0 Å². The first-order valence-corrected chi connectivity index (χ1v) is 7.68. The fourth-order valence-electron chi connectivity index (χ4n) is 1.98. The molecule has 0 amide bonds. The quantitative estimate of drug-likeness (QED) is 0.882. The van der Waals surface area contributed by atoms with Gasteiger partial charge >= 0.3 is 5.97 Å². The van der Waals surface area contributed by atoms with Gasteiger partial charge in [0.25, 0.3) is 0 Å². The Kier molecular flexibility index (Phi) is 4.15. The zero-order valence-electron chi connectivity index (χ0n) is 11.7. The van der Waals surface area contributed by atoms with Gasteiger partial charge in [0.2, 0.25) is 10.0 Å². The van der Waals surface area contributed by atoms with Crippen molar-refractivity contribution >= 4 is 16.0 Å². The second-order valence-electron chi connectivity index (χ2n) is 4.80. The Bertz CT molecular complexity index is 765. The molecule has 0 aliphatic heterocycles.